The van der Waals surface area contributed by atoms with E-state index < -0.39 is 0 Å². The maximum absolute atomic E-state index is 4.66. The van der Waals surface area contributed by atoms with Crippen LogP contribution in [-0.2, 0) is 4.74 Å². The molecule has 38 valence electrons. The largest absolute Gasteiger partial charge is 0.461 e. The highest BCUT2D eigenvalue weighted by molar-refractivity contribution is 5.86. The van der Waals surface area contributed by atoms with Crippen molar-refractivity contribution in [2.24, 2.45) is 9.98 Å². The average Bonchev–Trinajstić information content (AvgIpc) is 1.69. The highest BCUT2D eigenvalue weighted by atomic mass is 16.5. The molecule has 0 aromatic carbocycles. The molecule has 1 heterocycles. The third-order valence-electron chi connectivity index (χ3n) is 0.682. The minimum Gasteiger partial charge on any atom is -0.461 e. The molecular formula is C4H6N2O. The first kappa shape index (κ1) is 4.30. The number of rotatable bonds is 0. The highest BCUT2D eigenvalue weighted by Gasteiger charge is 1.87. The predicted molar refractivity (Wildman–Crippen MR) is 27.6 cm³/mol. The average molecular weight is 98.1 g/mol. The summed E-state index contributed by atoms with van der Waals surface area (Å²) in [4.78, 5) is 7.56. The maximum Gasteiger partial charge on any atom is 0.182 e. The molecule has 1 rings (SSSR count). The lowest BCUT2D eigenvalue weighted by Crippen LogP contribution is -2.00. The zero-order chi connectivity index (χ0) is 5.11. The van der Waals surface area contributed by atoms with Crippen molar-refractivity contribution in [1.29, 1.82) is 0 Å². The quantitative estimate of drug-likeness (QED) is 0.432. The first-order valence-electron chi connectivity index (χ1n) is 2.05. The van der Waals surface area contributed by atoms with Crippen LogP contribution in [0.1, 0.15) is 6.92 Å². The van der Waals surface area contributed by atoms with Crippen molar-refractivity contribution in [2.75, 3.05) is 6.73 Å². The van der Waals surface area contributed by atoms with Crippen LogP contribution in [0.2, 0.25) is 0 Å². The second-order valence-electron chi connectivity index (χ2n) is 1.24. The van der Waals surface area contributed by atoms with E-state index in [1.807, 2.05) is 6.92 Å². The zero-order valence-corrected chi connectivity index (χ0v) is 4.09. The summed E-state index contributed by atoms with van der Waals surface area (Å²) in [5, 5.41) is 0. The molecule has 0 bridgehead atoms. The molecule has 7 heavy (non-hydrogen) atoms. The van der Waals surface area contributed by atoms with Crippen LogP contribution in [0.3, 0.4) is 0 Å². The lowest BCUT2D eigenvalue weighted by Gasteiger charge is -1.99. The molecule has 0 amide bonds. The Morgan fingerprint density at radius 1 is 1.86 bits per heavy atom. The van der Waals surface area contributed by atoms with Crippen molar-refractivity contribution < 1.29 is 4.74 Å². The molecule has 0 N–H and O–H groups in total. The van der Waals surface area contributed by atoms with E-state index in [0.717, 1.165) is 5.84 Å². The van der Waals surface area contributed by atoms with Gasteiger partial charge in [0, 0.05) is 0 Å². The highest BCUT2D eigenvalue weighted by Crippen LogP contribution is 1.85. The molecule has 0 unspecified atom stereocenters. The first-order valence-corrected chi connectivity index (χ1v) is 2.05. The Balaban J connectivity index is 2.58. The van der Waals surface area contributed by atoms with Gasteiger partial charge < -0.3 is 4.74 Å². The summed E-state index contributed by atoms with van der Waals surface area (Å²) in [6.07, 6.45) is 1.41. The molecule has 0 saturated carbocycles. The Hall–Kier alpha value is -0.860. The molecule has 0 aromatic rings. The Morgan fingerprint density at radius 3 is 3.00 bits per heavy atom. The summed E-state index contributed by atoms with van der Waals surface area (Å²) in [6, 6.07) is 0. The summed E-state index contributed by atoms with van der Waals surface area (Å²) in [6.45, 7) is 2.26. The van der Waals surface area contributed by atoms with Gasteiger partial charge >= 0.3 is 0 Å². The molecule has 1 aliphatic heterocycles. The van der Waals surface area contributed by atoms with E-state index in [9.17, 15) is 0 Å². The molecule has 1 aliphatic rings. The van der Waals surface area contributed by atoms with Crippen LogP contribution >= 0.6 is 0 Å². The Bertz CT molecular complexity index is 117. The van der Waals surface area contributed by atoms with Crippen LogP contribution < -0.4 is 0 Å². The van der Waals surface area contributed by atoms with Gasteiger partial charge in [0.15, 0.2) is 13.1 Å². The van der Waals surface area contributed by atoms with E-state index in [4.69, 9.17) is 0 Å². The van der Waals surface area contributed by atoms with Gasteiger partial charge in [0.25, 0.3) is 0 Å². The monoisotopic (exact) mass is 98.0 g/mol. The number of amidine groups is 1. The van der Waals surface area contributed by atoms with Crippen LogP contribution in [0.5, 0.6) is 0 Å². The summed E-state index contributed by atoms with van der Waals surface area (Å²) >= 11 is 0. The minimum atomic E-state index is 0.426. The number of ether oxygens (including phenoxy) is 1. The van der Waals surface area contributed by atoms with Gasteiger partial charge in [-0.25, -0.2) is 9.98 Å². The van der Waals surface area contributed by atoms with Gasteiger partial charge in [0.2, 0.25) is 0 Å². The second kappa shape index (κ2) is 1.73. The van der Waals surface area contributed by atoms with Gasteiger partial charge in [-0.3, -0.25) is 0 Å². The normalized spacial score (nSPS) is 18.1. The number of hydrogen-bond acceptors (Lipinski definition) is 3. The summed E-state index contributed by atoms with van der Waals surface area (Å²) in [5.74, 6) is 0.784. The summed E-state index contributed by atoms with van der Waals surface area (Å²) < 4.78 is 4.66. The van der Waals surface area contributed by atoms with E-state index in [1.54, 1.807) is 0 Å². The third kappa shape index (κ3) is 0.994. The standard InChI is InChI=1S/C4H6N2O/c1-4-5-2-7-3-6-4/h2H,3H2,1H3. The van der Waals surface area contributed by atoms with Gasteiger partial charge in [-0.05, 0) is 6.92 Å². The third-order valence-corrected chi connectivity index (χ3v) is 0.682. The topological polar surface area (TPSA) is 34.0 Å². The number of hydrogen-bond donors (Lipinski definition) is 0. The molecule has 3 heteroatoms. The lowest BCUT2D eigenvalue weighted by molar-refractivity contribution is 0.329. The van der Waals surface area contributed by atoms with Crippen molar-refractivity contribution in [2.45, 2.75) is 6.92 Å². The Labute approximate surface area is 41.7 Å². The molecule has 0 aliphatic carbocycles. The van der Waals surface area contributed by atoms with Crippen LogP contribution in [-0.4, -0.2) is 19.0 Å². The van der Waals surface area contributed by atoms with E-state index in [2.05, 4.69) is 14.7 Å². The SMILES string of the molecule is CC1=NCOC=N1. The Kier molecular flexibility index (Phi) is 1.06. The van der Waals surface area contributed by atoms with Gasteiger partial charge in [0.05, 0.1) is 0 Å². The van der Waals surface area contributed by atoms with Crippen molar-refractivity contribution in [3.05, 3.63) is 0 Å². The van der Waals surface area contributed by atoms with Crippen molar-refractivity contribution in [3.8, 4) is 0 Å². The fourth-order valence-corrected chi connectivity index (χ4v) is 0.318. The maximum atomic E-state index is 4.66. The smallest absolute Gasteiger partial charge is 0.182 e. The van der Waals surface area contributed by atoms with Gasteiger partial charge in [0.1, 0.15) is 5.84 Å². The number of nitrogens with zero attached hydrogens (tertiary/aromatic N) is 2. The van der Waals surface area contributed by atoms with Crippen LogP contribution in [0.25, 0.3) is 0 Å². The van der Waals surface area contributed by atoms with Crippen LogP contribution in [0.4, 0.5) is 0 Å². The van der Waals surface area contributed by atoms with Gasteiger partial charge in [-0.1, -0.05) is 0 Å². The summed E-state index contributed by atoms with van der Waals surface area (Å²) in [7, 11) is 0. The van der Waals surface area contributed by atoms with Gasteiger partial charge in [-0.2, -0.15) is 0 Å². The Morgan fingerprint density at radius 2 is 2.71 bits per heavy atom. The molecular weight excluding hydrogens is 92.1 g/mol. The fraction of sp³-hybridized carbons (Fsp3) is 0.500. The van der Waals surface area contributed by atoms with Crippen molar-refractivity contribution >= 4 is 12.2 Å². The molecule has 0 fully saturated rings. The van der Waals surface area contributed by atoms with E-state index in [0.29, 0.717) is 6.73 Å². The predicted octanol–water partition coefficient (Wildman–Crippen LogP) is 0.421. The summed E-state index contributed by atoms with van der Waals surface area (Å²) in [5.41, 5.74) is 0. The fourth-order valence-electron chi connectivity index (χ4n) is 0.318. The van der Waals surface area contributed by atoms with Gasteiger partial charge in [-0.15, -0.1) is 0 Å². The lowest BCUT2D eigenvalue weighted by atomic mass is 10.7. The molecule has 0 aromatic heterocycles. The molecule has 0 atom stereocenters. The van der Waals surface area contributed by atoms with Crippen molar-refractivity contribution in [1.82, 2.24) is 0 Å². The molecule has 0 spiro atoms. The molecule has 3 nitrogen and oxygen atoms in total. The second-order valence-corrected chi connectivity index (χ2v) is 1.24. The van der Waals surface area contributed by atoms with E-state index >= 15 is 0 Å². The van der Waals surface area contributed by atoms with Crippen LogP contribution in [0.15, 0.2) is 9.98 Å². The van der Waals surface area contributed by atoms with E-state index in [1.165, 1.54) is 6.40 Å². The molecule has 0 radical (unpaired) electrons. The van der Waals surface area contributed by atoms with E-state index in [-0.39, 0.29) is 0 Å². The zero-order valence-electron chi connectivity index (χ0n) is 4.09. The minimum absolute atomic E-state index is 0.426. The molecule has 0 saturated heterocycles. The first-order chi connectivity index (χ1) is 3.39. The van der Waals surface area contributed by atoms with Crippen molar-refractivity contribution in [3.63, 3.8) is 0 Å². The number of aliphatic imine (C=N–C) groups is 2. The van der Waals surface area contributed by atoms with Crippen LogP contribution in [0, 0.1) is 0 Å².